The SMILES string of the molecule is Cc1ccc([C@H]2C[C@]2(C(=O)O)c2ccccc2)cc1.O=C=O. The van der Waals surface area contributed by atoms with E-state index in [2.05, 4.69) is 0 Å². The first-order chi connectivity index (χ1) is 10.6. The smallest absolute Gasteiger partial charge is 0.373 e. The molecule has 0 amide bonds. The number of benzene rings is 2. The Morgan fingerprint density at radius 3 is 2.14 bits per heavy atom. The monoisotopic (exact) mass is 296 g/mol. The summed E-state index contributed by atoms with van der Waals surface area (Å²) in [5.74, 6) is -0.628. The number of carboxylic acid groups (broad SMARTS) is 1. The number of hydrogen-bond donors (Lipinski definition) is 1. The minimum Gasteiger partial charge on any atom is -0.481 e. The Kier molecular flexibility index (Phi) is 4.54. The second kappa shape index (κ2) is 6.37. The van der Waals surface area contributed by atoms with Gasteiger partial charge in [0.15, 0.2) is 0 Å². The summed E-state index contributed by atoms with van der Waals surface area (Å²) in [6.07, 6.45) is 0.940. The quantitative estimate of drug-likeness (QED) is 0.945. The van der Waals surface area contributed by atoms with E-state index >= 15 is 0 Å². The van der Waals surface area contributed by atoms with Crippen molar-refractivity contribution in [3.05, 3.63) is 71.3 Å². The second-order valence-electron chi connectivity index (χ2n) is 5.39. The summed E-state index contributed by atoms with van der Waals surface area (Å²) in [5.41, 5.74) is 2.51. The minimum absolute atomic E-state index is 0.0907. The molecule has 0 spiro atoms. The van der Waals surface area contributed by atoms with Gasteiger partial charge in [-0.2, -0.15) is 9.59 Å². The molecule has 2 atom stereocenters. The molecule has 2 aromatic carbocycles. The molecule has 1 fully saturated rings. The van der Waals surface area contributed by atoms with E-state index in [1.54, 1.807) is 0 Å². The predicted octanol–water partition coefficient (Wildman–Crippen LogP) is 2.92. The van der Waals surface area contributed by atoms with Gasteiger partial charge in [0.2, 0.25) is 0 Å². The van der Waals surface area contributed by atoms with Crippen molar-refractivity contribution < 1.29 is 19.5 Å². The number of carbonyl (C=O) groups is 1. The summed E-state index contributed by atoms with van der Waals surface area (Å²) in [4.78, 5) is 28.0. The summed E-state index contributed by atoms with van der Waals surface area (Å²) in [5, 5.41) is 9.64. The lowest BCUT2D eigenvalue weighted by Gasteiger charge is -2.13. The zero-order valence-corrected chi connectivity index (χ0v) is 12.2. The van der Waals surface area contributed by atoms with Gasteiger partial charge in [0, 0.05) is 5.92 Å². The van der Waals surface area contributed by atoms with Crippen LogP contribution >= 0.6 is 0 Å². The number of rotatable bonds is 3. The van der Waals surface area contributed by atoms with Gasteiger partial charge < -0.3 is 5.11 Å². The van der Waals surface area contributed by atoms with E-state index in [-0.39, 0.29) is 12.1 Å². The molecule has 0 heterocycles. The summed E-state index contributed by atoms with van der Waals surface area (Å²) in [6.45, 7) is 2.04. The molecule has 0 aliphatic heterocycles. The van der Waals surface area contributed by atoms with Gasteiger partial charge in [0.1, 0.15) is 5.41 Å². The zero-order chi connectivity index (χ0) is 16.2. The molecule has 1 aliphatic rings. The Morgan fingerprint density at radius 1 is 1.09 bits per heavy atom. The van der Waals surface area contributed by atoms with Crippen LogP contribution in [0.5, 0.6) is 0 Å². The predicted molar refractivity (Wildman–Crippen MR) is 79.3 cm³/mol. The highest BCUT2D eigenvalue weighted by atomic mass is 16.4. The molecular formula is C18H16O4. The summed E-state index contributed by atoms with van der Waals surface area (Å²) in [6, 6.07) is 17.8. The number of aliphatic carboxylic acids is 1. The van der Waals surface area contributed by atoms with Crippen molar-refractivity contribution in [1.82, 2.24) is 0 Å². The van der Waals surface area contributed by atoms with Crippen molar-refractivity contribution in [3.8, 4) is 0 Å². The maximum Gasteiger partial charge on any atom is 0.373 e. The standard InChI is InChI=1S/C17H16O2.CO2/c1-12-7-9-13(10-8-12)15-11-17(15,16(18)19)14-5-3-2-4-6-14;2-1-3/h2-10,15H,11H2,1H3,(H,18,19);/t15-,17+;/m1./s1. The van der Waals surface area contributed by atoms with Gasteiger partial charge in [0.25, 0.3) is 0 Å². The van der Waals surface area contributed by atoms with Crippen LogP contribution in [0.3, 0.4) is 0 Å². The lowest BCUT2D eigenvalue weighted by molar-refractivity contribution is -0.191. The Balaban J connectivity index is 0.000000545. The van der Waals surface area contributed by atoms with Crippen LogP contribution in [0.2, 0.25) is 0 Å². The Bertz CT molecular complexity index is 685. The highest BCUT2D eigenvalue weighted by Crippen LogP contribution is 2.60. The molecule has 4 nitrogen and oxygen atoms in total. The third kappa shape index (κ3) is 2.83. The van der Waals surface area contributed by atoms with Crippen LogP contribution in [0.15, 0.2) is 54.6 Å². The molecule has 0 radical (unpaired) electrons. The van der Waals surface area contributed by atoms with Crippen molar-refractivity contribution in [2.45, 2.75) is 24.7 Å². The largest absolute Gasteiger partial charge is 0.481 e. The Hall–Kier alpha value is -2.71. The number of aryl methyl sites for hydroxylation is 1. The van der Waals surface area contributed by atoms with E-state index in [1.165, 1.54) is 5.56 Å². The Labute approximate surface area is 128 Å². The van der Waals surface area contributed by atoms with Gasteiger partial charge in [-0.15, -0.1) is 0 Å². The molecule has 22 heavy (non-hydrogen) atoms. The molecule has 0 saturated heterocycles. The molecule has 1 N–H and O–H groups in total. The normalized spacial score (nSPS) is 22.0. The van der Waals surface area contributed by atoms with Crippen LogP contribution in [-0.4, -0.2) is 17.2 Å². The molecular weight excluding hydrogens is 280 g/mol. The van der Waals surface area contributed by atoms with Crippen molar-refractivity contribution in [3.63, 3.8) is 0 Å². The highest BCUT2D eigenvalue weighted by Gasteiger charge is 2.61. The first kappa shape index (κ1) is 15.7. The molecule has 3 rings (SSSR count). The van der Waals surface area contributed by atoms with Crippen LogP contribution in [0.25, 0.3) is 0 Å². The van der Waals surface area contributed by atoms with Crippen LogP contribution < -0.4 is 0 Å². The molecule has 0 bridgehead atoms. The van der Waals surface area contributed by atoms with E-state index < -0.39 is 11.4 Å². The van der Waals surface area contributed by atoms with Crippen LogP contribution in [0.4, 0.5) is 0 Å². The average molecular weight is 296 g/mol. The molecule has 4 heteroatoms. The van der Waals surface area contributed by atoms with Crippen molar-refractivity contribution in [1.29, 1.82) is 0 Å². The fourth-order valence-electron chi connectivity index (χ4n) is 2.88. The fraction of sp³-hybridized carbons (Fsp3) is 0.222. The number of carboxylic acids is 1. The molecule has 0 aromatic heterocycles. The van der Waals surface area contributed by atoms with Gasteiger partial charge in [-0.25, -0.2) is 0 Å². The lowest BCUT2D eigenvalue weighted by Crippen LogP contribution is -2.21. The van der Waals surface area contributed by atoms with E-state index in [0.717, 1.165) is 11.1 Å². The summed E-state index contributed by atoms with van der Waals surface area (Å²) in [7, 11) is 0. The molecule has 1 saturated carbocycles. The van der Waals surface area contributed by atoms with Crippen molar-refractivity contribution in [2.24, 2.45) is 0 Å². The number of carbonyl (C=O) groups excluding carboxylic acids is 2. The van der Waals surface area contributed by atoms with Crippen LogP contribution in [-0.2, 0) is 19.8 Å². The van der Waals surface area contributed by atoms with Gasteiger partial charge in [-0.3, -0.25) is 4.79 Å². The summed E-state index contributed by atoms with van der Waals surface area (Å²) < 4.78 is 0. The third-order valence-corrected chi connectivity index (χ3v) is 4.11. The van der Waals surface area contributed by atoms with E-state index in [1.807, 2.05) is 61.5 Å². The van der Waals surface area contributed by atoms with E-state index in [9.17, 15) is 9.90 Å². The zero-order valence-electron chi connectivity index (χ0n) is 12.2. The maximum absolute atomic E-state index is 11.7. The Morgan fingerprint density at radius 2 is 1.64 bits per heavy atom. The van der Waals surface area contributed by atoms with Gasteiger partial charge in [-0.1, -0.05) is 60.2 Å². The molecule has 0 unspecified atom stereocenters. The van der Waals surface area contributed by atoms with Crippen LogP contribution in [0, 0.1) is 6.92 Å². The van der Waals surface area contributed by atoms with E-state index in [0.29, 0.717) is 6.42 Å². The molecule has 1 aliphatic carbocycles. The highest BCUT2D eigenvalue weighted by molar-refractivity contribution is 5.87. The topological polar surface area (TPSA) is 71.4 Å². The van der Waals surface area contributed by atoms with Gasteiger partial charge in [-0.05, 0) is 24.5 Å². The maximum atomic E-state index is 11.7. The first-order valence-corrected chi connectivity index (χ1v) is 6.91. The van der Waals surface area contributed by atoms with Crippen LogP contribution in [0.1, 0.15) is 29.0 Å². The molecule has 2 aromatic rings. The first-order valence-electron chi connectivity index (χ1n) is 6.91. The van der Waals surface area contributed by atoms with Gasteiger partial charge in [0.05, 0.1) is 0 Å². The van der Waals surface area contributed by atoms with Crippen molar-refractivity contribution in [2.75, 3.05) is 0 Å². The van der Waals surface area contributed by atoms with E-state index in [4.69, 9.17) is 9.59 Å². The summed E-state index contributed by atoms with van der Waals surface area (Å²) >= 11 is 0. The minimum atomic E-state index is -0.726. The second-order valence-corrected chi connectivity index (χ2v) is 5.39. The average Bonchev–Trinajstić information content (AvgIpc) is 3.27. The molecule has 112 valence electrons. The lowest BCUT2D eigenvalue weighted by atomic mass is 9.91. The van der Waals surface area contributed by atoms with Gasteiger partial charge >= 0.3 is 12.1 Å². The van der Waals surface area contributed by atoms with Crippen molar-refractivity contribution >= 4 is 12.1 Å². The number of hydrogen-bond acceptors (Lipinski definition) is 3. The third-order valence-electron chi connectivity index (χ3n) is 4.11. The fourth-order valence-corrected chi connectivity index (χ4v) is 2.88.